The Balaban J connectivity index is 2.36. The number of imidazole rings is 1. The van der Waals surface area contributed by atoms with Crippen molar-refractivity contribution in [3.05, 3.63) is 57.8 Å². The predicted octanol–water partition coefficient (Wildman–Crippen LogP) is 5.24. The van der Waals surface area contributed by atoms with Crippen LogP contribution >= 0.6 is 23.2 Å². The van der Waals surface area contributed by atoms with Gasteiger partial charge in [0, 0.05) is 11.3 Å². The summed E-state index contributed by atoms with van der Waals surface area (Å²) in [6.45, 7) is 3.87. The van der Waals surface area contributed by atoms with Gasteiger partial charge in [-0.2, -0.15) is 5.26 Å². The lowest BCUT2D eigenvalue weighted by Gasteiger charge is -2.09. The van der Waals surface area contributed by atoms with Crippen LogP contribution in [0.15, 0.2) is 36.4 Å². The highest BCUT2D eigenvalue weighted by Crippen LogP contribution is 2.34. The molecule has 2 aromatic heterocycles. The molecule has 3 nitrogen and oxygen atoms in total. The van der Waals surface area contributed by atoms with Crippen molar-refractivity contribution in [2.75, 3.05) is 0 Å². The first-order valence-electron chi connectivity index (χ1n) is 6.86. The fourth-order valence-electron chi connectivity index (χ4n) is 2.60. The summed E-state index contributed by atoms with van der Waals surface area (Å²) in [4.78, 5) is 4.69. The molecular weight excluding hydrogens is 317 g/mol. The highest BCUT2D eigenvalue weighted by atomic mass is 35.5. The van der Waals surface area contributed by atoms with Crippen molar-refractivity contribution in [1.82, 2.24) is 9.38 Å². The van der Waals surface area contributed by atoms with Gasteiger partial charge < -0.3 is 0 Å². The summed E-state index contributed by atoms with van der Waals surface area (Å²) in [5.41, 5.74) is 4.34. The third-order valence-corrected chi connectivity index (χ3v) is 4.41. The Kier molecular flexibility index (Phi) is 3.82. The van der Waals surface area contributed by atoms with E-state index in [0.717, 1.165) is 28.3 Å². The molecule has 0 amide bonds. The predicted molar refractivity (Wildman–Crippen MR) is 89.4 cm³/mol. The van der Waals surface area contributed by atoms with Crippen LogP contribution in [0.25, 0.3) is 16.9 Å². The first-order valence-corrected chi connectivity index (χ1v) is 7.61. The first-order chi connectivity index (χ1) is 10.5. The lowest BCUT2D eigenvalue weighted by atomic mass is 10.0. The van der Waals surface area contributed by atoms with Crippen molar-refractivity contribution in [2.45, 2.75) is 19.8 Å². The fraction of sp³-hybridized carbons (Fsp3) is 0.176. The number of rotatable bonds is 2. The molecule has 0 saturated heterocycles. The van der Waals surface area contributed by atoms with Crippen LogP contribution in [-0.2, 0) is 0 Å². The van der Waals surface area contributed by atoms with Crippen molar-refractivity contribution in [2.24, 2.45) is 0 Å². The molecule has 1 atom stereocenters. The summed E-state index contributed by atoms with van der Waals surface area (Å²) in [5.74, 6) is -0.291. The molecule has 2 heterocycles. The SMILES string of the molecule is Cc1cccc2nc(-c3ccc(Cl)c(Cl)c3)c(C(C)C#N)n12. The van der Waals surface area contributed by atoms with Crippen molar-refractivity contribution < 1.29 is 0 Å². The Bertz CT molecular complexity index is 906. The maximum Gasteiger partial charge on any atom is 0.137 e. The van der Waals surface area contributed by atoms with E-state index >= 15 is 0 Å². The number of aromatic nitrogens is 2. The van der Waals surface area contributed by atoms with E-state index in [0.29, 0.717) is 10.0 Å². The van der Waals surface area contributed by atoms with Crippen LogP contribution in [-0.4, -0.2) is 9.38 Å². The van der Waals surface area contributed by atoms with Crippen molar-refractivity contribution in [3.63, 3.8) is 0 Å². The van der Waals surface area contributed by atoms with E-state index in [-0.39, 0.29) is 5.92 Å². The number of hydrogen-bond acceptors (Lipinski definition) is 2. The van der Waals surface area contributed by atoms with E-state index in [1.807, 2.05) is 42.5 Å². The Morgan fingerprint density at radius 2 is 1.95 bits per heavy atom. The van der Waals surface area contributed by atoms with Gasteiger partial charge in [0.15, 0.2) is 0 Å². The minimum atomic E-state index is -0.291. The standard InChI is InChI=1S/C17H13Cl2N3/c1-10(9-20)17-16(12-6-7-13(18)14(19)8-12)21-15-5-3-4-11(2)22(15)17/h3-8,10H,1-2H3. The number of pyridine rings is 1. The van der Waals surface area contributed by atoms with Crippen molar-refractivity contribution in [3.8, 4) is 17.3 Å². The zero-order valence-corrected chi connectivity index (χ0v) is 13.7. The molecule has 0 aliphatic heterocycles. The van der Waals surface area contributed by atoms with Crippen LogP contribution in [0.3, 0.4) is 0 Å². The number of hydrogen-bond donors (Lipinski definition) is 0. The van der Waals surface area contributed by atoms with Gasteiger partial charge in [-0.05, 0) is 38.1 Å². The Hall–Kier alpha value is -2.02. The topological polar surface area (TPSA) is 41.1 Å². The second-order valence-electron chi connectivity index (χ2n) is 5.19. The normalized spacial score (nSPS) is 12.3. The fourth-order valence-corrected chi connectivity index (χ4v) is 2.90. The summed E-state index contributed by atoms with van der Waals surface area (Å²) in [7, 11) is 0. The van der Waals surface area contributed by atoms with Crippen LogP contribution < -0.4 is 0 Å². The number of fused-ring (bicyclic) bond motifs is 1. The lowest BCUT2D eigenvalue weighted by molar-refractivity contribution is 0.882. The Morgan fingerprint density at radius 1 is 1.18 bits per heavy atom. The molecule has 110 valence electrons. The van der Waals surface area contributed by atoms with Gasteiger partial charge in [-0.25, -0.2) is 4.98 Å². The molecule has 22 heavy (non-hydrogen) atoms. The van der Waals surface area contributed by atoms with E-state index < -0.39 is 0 Å². The molecular formula is C17H13Cl2N3. The van der Waals surface area contributed by atoms with Gasteiger partial charge in [-0.3, -0.25) is 4.40 Å². The molecule has 0 bridgehead atoms. The molecule has 0 saturated carbocycles. The quantitative estimate of drug-likeness (QED) is 0.644. The van der Waals surface area contributed by atoms with Gasteiger partial charge in [0.1, 0.15) is 5.65 Å². The van der Waals surface area contributed by atoms with Crippen LogP contribution in [0, 0.1) is 18.3 Å². The summed E-state index contributed by atoms with van der Waals surface area (Å²) in [5, 5.41) is 10.4. The third kappa shape index (κ3) is 2.35. The van der Waals surface area contributed by atoms with Gasteiger partial charge in [-0.15, -0.1) is 0 Å². The molecule has 0 aliphatic rings. The molecule has 1 aromatic carbocycles. The Morgan fingerprint density at radius 3 is 2.64 bits per heavy atom. The minimum Gasteiger partial charge on any atom is -0.299 e. The van der Waals surface area contributed by atoms with Crippen LogP contribution in [0.2, 0.25) is 10.0 Å². The van der Waals surface area contributed by atoms with Gasteiger partial charge in [0.05, 0.1) is 33.4 Å². The molecule has 0 aliphatic carbocycles. The van der Waals surface area contributed by atoms with Crippen LogP contribution in [0.5, 0.6) is 0 Å². The zero-order valence-electron chi connectivity index (χ0n) is 12.1. The third-order valence-electron chi connectivity index (χ3n) is 3.67. The van der Waals surface area contributed by atoms with Crippen LogP contribution in [0.4, 0.5) is 0 Å². The smallest absolute Gasteiger partial charge is 0.137 e. The Labute approximate surface area is 138 Å². The van der Waals surface area contributed by atoms with E-state index in [9.17, 15) is 5.26 Å². The van der Waals surface area contributed by atoms with Crippen molar-refractivity contribution >= 4 is 28.8 Å². The second-order valence-corrected chi connectivity index (χ2v) is 6.00. The summed E-state index contributed by atoms with van der Waals surface area (Å²) in [6, 6.07) is 13.6. The molecule has 0 radical (unpaired) electrons. The molecule has 0 spiro atoms. The number of nitrogens with zero attached hydrogens (tertiary/aromatic N) is 3. The average Bonchev–Trinajstić information content (AvgIpc) is 2.90. The average molecular weight is 330 g/mol. The van der Waals surface area contributed by atoms with Gasteiger partial charge >= 0.3 is 0 Å². The van der Waals surface area contributed by atoms with E-state index in [2.05, 4.69) is 6.07 Å². The number of aryl methyl sites for hydroxylation is 1. The maximum absolute atomic E-state index is 9.39. The molecule has 3 rings (SSSR count). The zero-order chi connectivity index (χ0) is 15.9. The van der Waals surface area contributed by atoms with E-state index in [1.165, 1.54) is 0 Å². The molecule has 5 heteroatoms. The summed E-state index contributed by atoms with van der Waals surface area (Å²) >= 11 is 12.1. The highest BCUT2D eigenvalue weighted by Gasteiger charge is 2.20. The lowest BCUT2D eigenvalue weighted by Crippen LogP contribution is -2.01. The highest BCUT2D eigenvalue weighted by molar-refractivity contribution is 6.42. The van der Waals surface area contributed by atoms with Crippen LogP contribution in [0.1, 0.15) is 24.2 Å². The maximum atomic E-state index is 9.39. The number of halogens is 2. The molecule has 0 fully saturated rings. The number of nitriles is 1. The van der Waals surface area contributed by atoms with E-state index in [4.69, 9.17) is 28.2 Å². The minimum absolute atomic E-state index is 0.291. The molecule has 3 aromatic rings. The van der Waals surface area contributed by atoms with Gasteiger partial charge in [0.25, 0.3) is 0 Å². The first kappa shape index (κ1) is 14.9. The second kappa shape index (κ2) is 5.64. The van der Waals surface area contributed by atoms with E-state index in [1.54, 1.807) is 12.1 Å². The van der Waals surface area contributed by atoms with Gasteiger partial charge in [0.2, 0.25) is 0 Å². The largest absolute Gasteiger partial charge is 0.299 e. The summed E-state index contributed by atoms with van der Waals surface area (Å²) in [6.07, 6.45) is 0. The molecule has 0 N–H and O–H groups in total. The number of benzene rings is 1. The summed E-state index contributed by atoms with van der Waals surface area (Å²) < 4.78 is 2.02. The molecule has 1 unspecified atom stereocenters. The monoisotopic (exact) mass is 329 g/mol. The van der Waals surface area contributed by atoms with Crippen molar-refractivity contribution in [1.29, 1.82) is 5.26 Å². The van der Waals surface area contributed by atoms with Gasteiger partial charge in [-0.1, -0.05) is 35.3 Å².